The fraction of sp³-hybridized carbons (Fsp3) is 0.0952. The number of rotatable bonds is 3. The molecule has 5 heteroatoms. The van der Waals surface area contributed by atoms with Crippen LogP contribution in [0.2, 0.25) is 0 Å². The maximum atomic E-state index is 10.2. The Morgan fingerprint density at radius 2 is 1.69 bits per heavy atom. The van der Waals surface area contributed by atoms with Crippen LogP contribution < -0.4 is 0 Å². The first-order valence-electron chi connectivity index (χ1n) is 8.38. The SMILES string of the molecule is Cc1ccc(-c2nc3c(O)cccn3c2N=Nc2ccccc2)cc1C. The summed E-state index contributed by atoms with van der Waals surface area (Å²) in [6, 6.07) is 19.1. The van der Waals surface area contributed by atoms with E-state index in [1.165, 1.54) is 11.1 Å². The van der Waals surface area contributed by atoms with Crippen LogP contribution in [0.25, 0.3) is 16.9 Å². The van der Waals surface area contributed by atoms with Gasteiger partial charge in [-0.25, -0.2) is 4.98 Å². The smallest absolute Gasteiger partial charge is 0.187 e. The summed E-state index contributed by atoms with van der Waals surface area (Å²) in [6.45, 7) is 4.14. The average Bonchev–Trinajstić information content (AvgIpc) is 3.03. The fourth-order valence-corrected chi connectivity index (χ4v) is 2.82. The number of aromatic hydroxyl groups is 1. The number of benzene rings is 2. The highest BCUT2D eigenvalue weighted by Gasteiger charge is 2.16. The van der Waals surface area contributed by atoms with Crippen LogP contribution in [-0.4, -0.2) is 14.5 Å². The first-order valence-corrected chi connectivity index (χ1v) is 8.38. The van der Waals surface area contributed by atoms with Gasteiger partial charge in [0.05, 0.1) is 5.69 Å². The molecule has 2 heterocycles. The molecule has 4 aromatic rings. The zero-order chi connectivity index (χ0) is 18.1. The third-order valence-corrected chi connectivity index (χ3v) is 4.40. The number of nitrogens with zero attached hydrogens (tertiary/aromatic N) is 4. The zero-order valence-electron chi connectivity index (χ0n) is 14.6. The maximum absolute atomic E-state index is 10.2. The van der Waals surface area contributed by atoms with E-state index in [-0.39, 0.29) is 5.75 Å². The van der Waals surface area contributed by atoms with Gasteiger partial charge in [-0.05, 0) is 55.3 Å². The predicted octanol–water partition coefficient (Wildman–Crippen LogP) is 5.74. The molecule has 0 atom stereocenters. The first kappa shape index (κ1) is 16.0. The molecule has 2 aromatic heterocycles. The van der Waals surface area contributed by atoms with Crippen molar-refractivity contribution in [2.45, 2.75) is 13.8 Å². The van der Waals surface area contributed by atoms with Crippen molar-refractivity contribution in [3.05, 3.63) is 78.0 Å². The molecule has 0 unspecified atom stereocenters. The minimum atomic E-state index is 0.110. The monoisotopic (exact) mass is 342 g/mol. The molecule has 0 saturated carbocycles. The van der Waals surface area contributed by atoms with Crippen LogP contribution in [0, 0.1) is 13.8 Å². The Hall–Kier alpha value is -3.47. The maximum Gasteiger partial charge on any atom is 0.187 e. The molecule has 0 aliphatic heterocycles. The van der Waals surface area contributed by atoms with Crippen LogP contribution in [-0.2, 0) is 0 Å². The van der Waals surface area contributed by atoms with Crippen molar-refractivity contribution in [3.8, 4) is 17.0 Å². The number of fused-ring (bicyclic) bond motifs is 1. The Balaban J connectivity index is 1.92. The number of aromatic nitrogens is 2. The van der Waals surface area contributed by atoms with Gasteiger partial charge in [0, 0.05) is 11.8 Å². The summed E-state index contributed by atoms with van der Waals surface area (Å²) < 4.78 is 1.76. The molecule has 1 N–H and O–H groups in total. The summed E-state index contributed by atoms with van der Waals surface area (Å²) in [4.78, 5) is 4.62. The quantitative estimate of drug-likeness (QED) is 0.483. The number of pyridine rings is 1. The van der Waals surface area contributed by atoms with Gasteiger partial charge in [-0.2, -0.15) is 0 Å². The Labute approximate surface area is 151 Å². The minimum absolute atomic E-state index is 0.110. The molecule has 0 radical (unpaired) electrons. The molecule has 0 amide bonds. The largest absolute Gasteiger partial charge is 0.504 e. The van der Waals surface area contributed by atoms with E-state index >= 15 is 0 Å². The van der Waals surface area contributed by atoms with Crippen LogP contribution in [0.3, 0.4) is 0 Å². The summed E-state index contributed by atoms with van der Waals surface area (Å²) in [5, 5.41) is 19.0. The molecule has 26 heavy (non-hydrogen) atoms. The Bertz CT molecular complexity index is 1110. The number of azo groups is 1. The molecule has 0 saturated heterocycles. The number of imidazole rings is 1. The van der Waals surface area contributed by atoms with Crippen molar-refractivity contribution in [3.63, 3.8) is 0 Å². The van der Waals surface area contributed by atoms with Crippen molar-refractivity contribution >= 4 is 17.2 Å². The van der Waals surface area contributed by atoms with E-state index in [2.05, 4.69) is 41.2 Å². The Kier molecular flexibility index (Phi) is 3.97. The van der Waals surface area contributed by atoms with Crippen molar-refractivity contribution in [1.29, 1.82) is 0 Å². The number of hydrogen-bond acceptors (Lipinski definition) is 4. The summed E-state index contributed by atoms with van der Waals surface area (Å²) in [6.07, 6.45) is 1.83. The van der Waals surface area contributed by atoms with Crippen molar-refractivity contribution < 1.29 is 5.11 Å². The molecule has 2 aromatic carbocycles. The summed E-state index contributed by atoms with van der Waals surface area (Å²) >= 11 is 0. The van der Waals surface area contributed by atoms with Gasteiger partial charge in [0.15, 0.2) is 17.2 Å². The van der Waals surface area contributed by atoms with E-state index < -0.39 is 0 Å². The second-order valence-corrected chi connectivity index (χ2v) is 6.21. The highest BCUT2D eigenvalue weighted by molar-refractivity contribution is 5.77. The highest BCUT2D eigenvalue weighted by Crippen LogP contribution is 2.35. The lowest BCUT2D eigenvalue weighted by Gasteiger charge is -2.04. The molecule has 4 rings (SSSR count). The van der Waals surface area contributed by atoms with Gasteiger partial charge < -0.3 is 5.11 Å². The molecule has 0 spiro atoms. The van der Waals surface area contributed by atoms with E-state index in [0.29, 0.717) is 17.2 Å². The molecule has 0 bridgehead atoms. The molecule has 5 nitrogen and oxygen atoms in total. The molecule has 0 aliphatic carbocycles. The second kappa shape index (κ2) is 6.44. The number of hydrogen-bond donors (Lipinski definition) is 1. The van der Waals surface area contributed by atoms with Gasteiger partial charge in [-0.15, -0.1) is 10.2 Å². The minimum Gasteiger partial charge on any atom is -0.504 e. The van der Waals surface area contributed by atoms with E-state index in [4.69, 9.17) is 0 Å². The van der Waals surface area contributed by atoms with E-state index in [0.717, 1.165) is 11.3 Å². The lowest BCUT2D eigenvalue weighted by Crippen LogP contribution is -1.84. The highest BCUT2D eigenvalue weighted by atomic mass is 16.3. The van der Waals surface area contributed by atoms with Crippen molar-refractivity contribution in [2.75, 3.05) is 0 Å². The van der Waals surface area contributed by atoms with Crippen molar-refractivity contribution in [2.24, 2.45) is 10.2 Å². The van der Waals surface area contributed by atoms with E-state index in [1.807, 2.05) is 42.6 Å². The molecular formula is C21H18N4O. The average molecular weight is 342 g/mol. The third-order valence-electron chi connectivity index (χ3n) is 4.40. The molecule has 0 aliphatic rings. The van der Waals surface area contributed by atoms with Gasteiger partial charge in [0.25, 0.3) is 0 Å². The van der Waals surface area contributed by atoms with E-state index in [1.54, 1.807) is 16.5 Å². The molecular weight excluding hydrogens is 324 g/mol. The standard InChI is InChI=1S/C21H18N4O/c1-14-10-11-16(13-15(14)2)19-21(24-23-17-7-4-3-5-8-17)25-12-6-9-18(26)20(25)22-19/h3-13,26H,1-2H3. The van der Waals surface area contributed by atoms with Crippen LogP contribution >= 0.6 is 0 Å². The molecule has 0 fully saturated rings. The summed E-state index contributed by atoms with van der Waals surface area (Å²) in [5.74, 6) is 0.696. The van der Waals surface area contributed by atoms with E-state index in [9.17, 15) is 5.11 Å². The Morgan fingerprint density at radius 3 is 2.46 bits per heavy atom. The van der Waals surface area contributed by atoms with Crippen molar-refractivity contribution in [1.82, 2.24) is 9.38 Å². The fourth-order valence-electron chi connectivity index (χ4n) is 2.82. The van der Waals surface area contributed by atoms with Gasteiger partial charge >= 0.3 is 0 Å². The van der Waals surface area contributed by atoms with Gasteiger partial charge in [0.1, 0.15) is 5.69 Å². The van der Waals surface area contributed by atoms with Gasteiger partial charge in [0.2, 0.25) is 0 Å². The van der Waals surface area contributed by atoms with Crippen LogP contribution in [0.5, 0.6) is 5.75 Å². The van der Waals surface area contributed by atoms with Crippen LogP contribution in [0.4, 0.5) is 11.5 Å². The zero-order valence-corrected chi connectivity index (χ0v) is 14.6. The summed E-state index contributed by atoms with van der Waals surface area (Å²) in [5.41, 5.74) is 5.24. The van der Waals surface area contributed by atoms with Crippen LogP contribution in [0.15, 0.2) is 77.1 Å². The number of aryl methyl sites for hydroxylation is 2. The van der Waals surface area contributed by atoms with Gasteiger partial charge in [-0.3, -0.25) is 4.40 Å². The lowest BCUT2D eigenvalue weighted by atomic mass is 10.0. The lowest BCUT2D eigenvalue weighted by molar-refractivity contribution is 0.477. The first-order chi connectivity index (χ1) is 12.6. The van der Waals surface area contributed by atoms with Gasteiger partial charge in [-0.1, -0.05) is 30.3 Å². The summed E-state index contributed by atoms with van der Waals surface area (Å²) in [7, 11) is 0. The third kappa shape index (κ3) is 2.84. The predicted molar refractivity (Wildman–Crippen MR) is 102 cm³/mol. The normalized spacial score (nSPS) is 11.5. The Morgan fingerprint density at radius 1 is 0.885 bits per heavy atom. The van der Waals surface area contributed by atoms with Crippen LogP contribution in [0.1, 0.15) is 11.1 Å². The molecule has 128 valence electrons. The second-order valence-electron chi connectivity index (χ2n) is 6.21. The topological polar surface area (TPSA) is 62.2 Å².